The normalized spacial score (nSPS) is 22.4. The number of amides is 2. The second-order valence-corrected chi connectivity index (χ2v) is 7.75. The van der Waals surface area contributed by atoms with Gasteiger partial charge in [0.15, 0.2) is 0 Å². The van der Waals surface area contributed by atoms with E-state index in [-0.39, 0.29) is 42.5 Å². The Bertz CT molecular complexity index is 686. The molecule has 0 aliphatic carbocycles. The van der Waals surface area contributed by atoms with Crippen molar-refractivity contribution >= 4 is 41.5 Å². The summed E-state index contributed by atoms with van der Waals surface area (Å²) in [5.41, 5.74) is 0.0948. The Morgan fingerprint density at radius 2 is 2.11 bits per heavy atom. The van der Waals surface area contributed by atoms with Gasteiger partial charge in [-0.3, -0.25) is 14.5 Å². The number of hydrogen-bond acceptors (Lipinski definition) is 4. The van der Waals surface area contributed by atoms with Crippen molar-refractivity contribution in [2.75, 3.05) is 38.0 Å². The Balaban J connectivity index is 0.00000280. The molecule has 2 fully saturated rings. The third kappa shape index (κ3) is 6.58. The summed E-state index contributed by atoms with van der Waals surface area (Å²) in [7, 11) is 0. The van der Waals surface area contributed by atoms with E-state index in [2.05, 4.69) is 16.0 Å². The summed E-state index contributed by atoms with van der Waals surface area (Å²) in [4.78, 5) is 26.4. The third-order valence-electron chi connectivity index (χ3n) is 5.11. The van der Waals surface area contributed by atoms with Crippen molar-refractivity contribution in [2.45, 2.75) is 31.7 Å². The first kappa shape index (κ1) is 22.9. The molecule has 3 rings (SSSR count). The largest absolute Gasteiger partial charge is 0.354 e. The van der Waals surface area contributed by atoms with Crippen LogP contribution < -0.4 is 16.0 Å². The lowest BCUT2D eigenvalue weighted by molar-refractivity contribution is -0.123. The van der Waals surface area contributed by atoms with Crippen LogP contribution in [-0.4, -0.2) is 55.5 Å². The van der Waals surface area contributed by atoms with Crippen LogP contribution in [0.3, 0.4) is 0 Å². The maximum atomic E-state index is 13.7. The number of benzene rings is 1. The van der Waals surface area contributed by atoms with Crippen LogP contribution in [0.2, 0.25) is 5.02 Å². The molecule has 0 radical (unpaired) electrons. The van der Waals surface area contributed by atoms with Crippen LogP contribution in [-0.2, 0) is 9.59 Å². The average Bonchev–Trinajstić information content (AvgIpc) is 3.18. The molecule has 0 saturated carbocycles. The highest BCUT2D eigenvalue weighted by Gasteiger charge is 2.25. The number of carbonyl (C=O) groups is 2. The molecule has 9 heteroatoms. The van der Waals surface area contributed by atoms with Gasteiger partial charge in [-0.25, -0.2) is 4.39 Å². The van der Waals surface area contributed by atoms with E-state index in [9.17, 15) is 14.0 Å². The van der Waals surface area contributed by atoms with Crippen molar-refractivity contribution in [3.05, 3.63) is 29.0 Å². The number of piperidine rings is 1. The average molecular weight is 433 g/mol. The minimum atomic E-state index is -0.507. The number of carbonyl (C=O) groups excluding carboxylic acids is 2. The van der Waals surface area contributed by atoms with Gasteiger partial charge in [-0.15, -0.1) is 12.4 Å². The van der Waals surface area contributed by atoms with E-state index in [1.54, 1.807) is 0 Å². The molecule has 156 valence electrons. The second-order valence-electron chi connectivity index (χ2n) is 7.31. The number of nitrogens with one attached hydrogen (secondary N) is 3. The summed E-state index contributed by atoms with van der Waals surface area (Å²) in [5, 5.41) is 9.18. The Morgan fingerprint density at radius 3 is 2.86 bits per heavy atom. The molecule has 0 spiro atoms. The highest BCUT2D eigenvalue weighted by atomic mass is 35.5. The first-order valence-corrected chi connectivity index (χ1v) is 9.87. The standard InChI is InChI=1S/C19H26ClFN4O2.ClH/c20-14-5-6-15(21)17(9-14)24-18(26)12-25-8-2-3-13(11-25)10-23-19(27)16-4-1-7-22-16;/h5-6,9,13,16,22H,1-4,7-8,10-12H2,(H,23,27)(H,24,26);1H. The third-order valence-corrected chi connectivity index (χ3v) is 5.35. The summed E-state index contributed by atoms with van der Waals surface area (Å²) in [6, 6.07) is 4.01. The van der Waals surface area contributed by atoms with Crippen molar-refractivity contribution in [2.24, 2.45) is 5.92 Å². The minimum absolute atomic E-state index is 0. The van der Waals surface area contributed by atoms with Gasteiger partial charge in [0.25, 0.3) is 0 Å². The molecule has 3 N–H and O–H groups in total. The van der Waals surface area contributed by atoms with Gasteiger partial charge < -0.3 is 16.0 Å². The van der Waals surface area contributed by atoms with E-state index in [1.807, 2.05) is 4.90 Å². The molecule has 2 atom stereocenters. The molecular weight excluding hydrogens is 406 g/mol. The van der Waals surface area contributed by atoms with E-state index in [0.29, 0.717) is 17.5 Å². The summed E-state index contributed by atoms with van der Waals surface area (Å²) >= 11 is 5.85. The number of likely N-dealkylation sites (tertiary alicyclic amines) is 1. The van der Waals surface area contributed by atoms with Crippen LogP contribution in [0.5, 0.6) is 0 Å². The molecule has 28 heavy (non-hydrogen) atoms. The maximum absolute atomic E-state index is 13.7. The van der Waals surface area contributed by atoms with Crippen LogP contribution in [0.15, 0.2) is 18.2 Å². The fourth-order valence-corrected chi connectivity index (χ4v) is 3.90. The number of rotatable bonds is 6. The maximum Gasteiger partial charge on any atom is 0.238 e. The van der Waals surface area contributed by atoms with Crippen LogP contribution in [0.1, 0.15) is 25.7 Å². The Morgan fingerprint density at radius 1 is 1.29 bits per heavy atom. The van der Waals surface area contributed by atoms with Crippen LogP contribution in [0.25, 0.3) is 0 Å². The zero-order chi connectivity index (χ0) is 19.2. The molecule has 6 nitrogen and oxygen atoms in total. The molecule has 0 bridgehead atoms. The molecule has 1 aromatic carbocycles. The molecule has 2 aliphatic rings. The summed E-state index contributed by atoms with van der Waals surface area (Å²) in [6.45, 7) is 3.28. The predicted molar refractivity (Wildman–Crippen MR) is 110 cm³/mol. The van der Waals surface area contributed by atoms with Crippen LogP contribution in [0.4, 0.5) is 10.1 Å². The highest BCUT2D eigenvalue weighted by molar-refractivity contribution is 6.30. The SMILES string of the molecule is Cl.O=C(CN1CCCC(CNC(=O)C2CCCN2)C1)Nc1cc(Cl)ccc1F. The predicted octanol–water partition coefficient (Wildman–Crippen LogP) is 2.42. The molecule has 2 aliphatic heterocycles. The van der Waals surface area contributed by atoms with E-state index in [1.165, 1.54) is 18.2 Å². The van der Waals surface area contributed by atoms with Crippen LogP contribution >= 0.6 is 24.0 Å². The molecule has 2 amide bonds. The van der Waals surface area contributed by atoms with E-state index in [0.717, 1.165) is 45.3 Å². The van der Waals surface area contributed by atoms with Gasteiger partial charge in [0, 0.05) is 18.1 Å². The zero-order valence-corrected chi connectivity index (χ0v) is 17.3. The molecule has 2 unspecified atom stereocenters. The first-order chi connectivity index (χ1) is 13.0. The van der Waals surface area contributed by atoms with E-state index >= 15 is 0 Å². The molecule has 2 saturated heterocycles. The van der Waals surface area contributed by atoms with Gasteiger partial charge >= 0.3 is 0 Å². The fourth-order valence-electron chi connectivity index (χ4n) is 3.72. The lowest BCUT2D eigenvalue weighted by Crippen LogP contribution is -2.46. The first-order valence-electron chi connectivity index (χ1n) is 9.49. The number of halogens is 3. The lowest BCUT2D eigenvalue weighted by Gasteiger charge is -2.32. The van der Waals surface area contributed by atoms with E-state index < -0.39 is 5.82 Å². The Kier molecular flexibility index (Phi) is 8.95. The highest BCUT2D eigenvalue weighted by Crippen LogP contribution is 2.20. The van der Waals surface area contributed by atoms with Crippen molar-refractivity contribution in [1.29, 1.82) is 0 Å². The van der Waals surface area contributed by atoms with Crippen molar-refractivity contribution in [3.8, 4) is 0 Å². The van der Waals surface area contributed by atoms with Crippen molar-refractivity contribution in [3.63, 3.8) is 0 Å². The smallest absolute Gasteiger partial charge is 0.238 e. The molecule has 1 aromatic rings. The van der Waals surface area contributed by atoms with Gasteiger partial charge in [-0.2, -0.15) is 0 Å². The molecular formula is C19H27Cl2FN4O2. The fraction of sp³-hybridized carbons (Fsp3) is 0.579. The van der Waals surface area contributed by atoms with Gasteiger partial charge in [0.05, 0.1) is 18.3 Å². The second kappa shape index (κ2) is 11.0. The molecule has 2 heterocycles. The Hall–Kier alpha value is -1.41. The van der Waals surface area contributed by atoms with Gasteiger partial charge in [0.2, 0.25) is 11.8 Å². The van der Waals surface area contributed by atoms with Gasteiger partial charge in [-0.1, -0.05) is 11.6 Å². The summed E-state index contributed by atoms with van der Waals surface area (Å²) in [6.07, 6.45) is 3.93. The zero-order valence-electron chi connectivity index (χ0n) is 15.7. The monoisotopic (exact) mass is 432 g/mol. The molecule has 0 aromatic heterocycles. The van der Waals surface area contributed by atoms with E-state index in [4.69, 9.17) is 11.6 Å². The quantitative estimate of drug-likeness (QED) is 0.645. The summed E-state index contributed by atoms with van der Waals surface area (Å²) < 4.78 is 13.7. The topological polar surface area (TPSA) is 73.5 Å². The number of anilines is 1. The van der Waals surface area contributed by atoms with Crippen LogP contribution in [0, 0.1) is 11.7 Å². The van der Waals surface area contributed by atoms with Crippen molar-refractivity contribution < 1.29 is 14.0 Å². The number of hydrogen-bond donors (Lipinski definition) is 3. The lowest BCUT2D eigenvalue weighted by atomic mass is 9.98. The van der Waals surface area contributed by atoms with Gasteiger partial charge in [0.1, 0.15) is 5.82 Å². The van der Waals surface area contributed by atoms with Crippen molar-refractivity contribution in [1.82, 2.24) is 15.5 Å². The summed E-state index contributed by atoms with van der Waals surface area (Å²) in [5.74, 6) is -0.387. The minimum Gasteiger partial charge on any atom is -0.354 e. The number of nitrogens with zero attached hydrogens (tertiary/aromatic N) is 1. The Labute approximate surface area is 176 Å². The van der Waals surface area contributed by atoms with Gasteiger partial charge in [-0.05, 0) is 62.9 Å².